The Morgan fingerprint density at radius 2 is 1.93 bits per heavy atom. The molecular formula is C24H29NO4. The number of rotatable bonds is 6. The van der Waals surface area contributed by atoms with E-state index in [1.807, 2.05) is 6.92 Å². The second kappa shape index (κ2) is 8.46. The zero-order valence-electron chi connectivity index (χ0n) is 17.2. The normalized spacial score (nSPS) is 19.6. The van der Waals surface area contributed by atoms with Crippen LogP contribution in [0, 0.1) is 5.92 Å². The number of hydrogen-bond acceptors (Lipinski definition) is 5. The monoisotopic (exact) mass is 395 g/mol. The van der Waals surface area contributed by atoms with Crippen molar-refractivity contribution in [1.29, 1.82) is 0 Å². The van der Waals surface area contributed by atoms with Gasteiger partial charge >= 0.3 is 0 Å². The number of phenolic OH excluding ortho intramolecular Hbond substituents is 1. The molecule has 5 nitrogen and oxygen atoms in total. The van der Waals surface area contributed by atoms with Crippen molar-refractivity contribution in [3.05, 3.63) is 53.1 Å². The predicted octanol–water partition coefficient (Wildman–Crippen LogP) is 4.21. The van der Waals surface area contributed by atoms with Crippen LogP contribution >= 0.6 is 0 Å². The molecule has 1 unspecified atom stereocenters. The van der Waals surface area contributed by atoms with Crippen LogP contribution in [0.25, 0.3) is 0 Å². The van der Waals surface area contributed by atoms with Gasteiger partial charge in [0.05, 0.1) is 6.61 Å². The number of phenols is 1. The number of benzene rings is 2. The lowest BCUT2D eigenvalue weighted by molar-refractivity contribution is 0.0834. The molecule has 154 valence electrons. The second-order valence-corrected chi connectivity index (χ2v) is 8.09. The van der Waals surface area contributed by atoms with E-state index in [0.29, 0.717) is 12.2 Å². The molecule has 2 aromatic carbocycles. The molecule has 0 aliphatic carbocycles. The average molecular weight is 395 g/mol. The van der Waals surface area contributed by atoms with E-state index in [4.69, 9.17) is 9.47 Å². The van der Waals surface area contributed by atoms with E-state index in [2.05, 4.69) is 24.0 Å². The van der Waals surface area contributed by atoms with Crippen LogP contribution in [-0.2, 0) is 13.0 Å². The van der Waals surface area contributed by atoms with Crippen molar-refractivity contribution in [3.8, 4) is 17.2 Å². The highest BCUT2D eigenvalue weighted by Gasteiger charge is 2.27. The number of nitrogens with zero attached hydrogens (tertiary/aromatic N) is 1. The van der Waals surface area contributed by atoms with Gasteiger partial charge in [-0.2, -0.15) is 0 Å². The Balaban J connectivity index is 1.40. The summed E-state index contributed by atoms with van der Waals surface area (Å²) >= 11 is 0. The summed E-state index contributed by atoms with van der Waals surface area (Å²) < 4.78 is 11.8. The van der Waals surface area contributed by atoms with Gasteiger partial charge in [0.1, 0.15) is 23.4 Å². The molecule has 0 aromatic heterocycles. The summed E-state index contributed by atoms with van der Waals surface area (Å²) in [5.74, 6) is 2.35. The Morgan fingerprint density at radius 1 is 1.21 bits per heavy atom. The third-order valence-electron chi connectivity index (χ3n) is 5.88. The van der Waals surface area contributed by atoms with Gasteiger partial charge in [0.15, 0.2) is 5.78 Å². The number of piperidine rings is 1. The standard InChI is InChI=1S/C24H29NO4/c1-3-28-22-13-19-12-16(2)29-23(19)14-20(22)15-25-10-8-18(9-11-25)24(27)17-4-6-21(26)7-5-17/h4-7,13-14,16,18,26H,3,8-12,15H2,1-2H3. The molecule has 4 rings (SSSR count). The number of carbonyl (C=O) groups excluding carboxylic acids is 1. The minimum Gasteiger partial charge on any atom is -0.508 e. The van der Waals surface area contributed by atoms with E-state index in [1.165, 1.54) is 5.56 Å². The number of ether oxygens (including phenoxy) is 2. The van der Waals surface area contributed by atoms with E-state index in [-0.39, 0.29) is 23.6 Å². The van der Waals surface area contributed by atoms with Crippen molar-refractivity contribution < 1.29 is 19.4 Å². The Hall–Kier alpha value is -2.53. The summed E-state index contributed by atoms with van der Waals surface area (Å²) in [4.78, 5) is 15.1. The first-order valence-corrected chi connectivity index (χ1v) is 10.5. The minimum atomic E-state index is 0.0476. The highest BCUT2D eigenvalue weighted by molar-refractivity contribution is 5.98. The second-order valence-electron chi connectivity index (χ2n) is 8.09. The van der Waals surface area contributed by atoms with Gasteiger partial charge in [-0.05, 0) is 76.2 Å². The van der Waals surface area contributed by atoms with Gasteiger partial charge in [-0.3, -0.25) is 9.69 Å². The van der Waals surface area contributed by atoms with Crippen molar-refractivity contribution in [1.82, 2.24) is 4.90 Å². The first kappa shape index (κ1) is 19.8. The molecule has 0 bridgehead atoms. The van der Waals surface area contributed by atoms with Crippen LogP contribution < -0.4 is 9.47 Å². The summed E-state index contributed by atoms with van der Waals surface area (Å²) in [7, 11) is 0. The Morgan fingerprint density at radius 3 is 2.62 bits per heavy atom. The fraction of sp³-hybridized carbons (Fsp3) is 0.458. The number of likely N-dealkylation sites (tertiary alicyclic amines) is 1. The molecule has 0 saturated carbocycles. The molecule has 5 heteroatoms. The third-order valence-corrected chi connectivity index (χ3v) is 5.88. The van der Waals surface area contributed by atoms with Gasteiger partial charge in [-0.25, -0.2) is 0 Å². The lowest BCUT2D eigenvalue weighted by Crippen LogP contribution is -2.36. The van der Waals surface area contributed by atoms with Crippen LogP contribution in [0.1, 0.15) is 48.2 Å². The lowest BCUT2D eigenvalue weighted by atomic mass is 9.88. The largest absolute Gasteiger partial charge is 0.508 e. The van der Waals surface area contributed by atoms with Crippen LogP contribution in [0.4, 0.5) is 0 Å². The summed E-state index contributed by atoms with van der Waals surface area (Å²) in [5, 5.41) is 9.42. The third kappa shape index (κ3) is 4.40. The molecule has 0 radical (unpaired) electrons. The molecule has 2 aromatic rings. The van der Waals surface area contributed by atoms with Gasteiger partial charge in [0, 0.05) is 35.6 Å². The molecular weight excluding hydrogens is 366 g/mol. The first-order chi connectivity index (χ1) is 14.0. The number of hydrogen-bond donors (Lipinski definition) is 1. The first-order valence-electron chi connectivity index (χ1n) is 10.5. The molecule has 0 amide bonds. The van der Waals surface area contributed by atoms with Crippen molar-refractivity contribution in [2.24, 2.45) is 5.92 Å². The number of fused-ring (bicyclic) bond motifs is 1. The number of aromatic hydroxyl groups is 1. The van der Waals surface area contributed by atoms with E-state index >= 15 is 0 Å². The van der Waals surface area contributed by atoms with Crippen LogP contribution in [0.15, 0.2) is 36.4 Å². The SMILES string of the molecule is CCOc1cc2c(cc1CN1CCC(C(=O)c3ccc(O)cc3)CC1)OC(C)C2. The molecule has 29 heavy (non-hydrogen) atoms. The summed E-state index contributed by atoms with van der Waals surface area (Å²) in [6.07, 6.45) is 2.85. The van der Waals surface area contributed by atoms with E-state index < -0.39 is 0 Å². The topological polar surface area (TPSA) is 59.0 Å². The van der Waals surface area contributed by atoms with Crippen molar-refractivity contribution in [2.45, 2.75) is 45.8 Å². The highest BCUT2D eigenvalue weighted by atomic mass is 16.5. The lowest BCUT2D eigenvalue weighted by Gasteiger charge is -2.31. The van der Waals surface area contributed by atoms with Crippen LogP contribution in [-0.4, -0.2) is 41.6 Å². The molecule has 2 heterocycles. The summed E-state index contributed by atoms with van der Waals surface area (Å²) in [6.45, 7) is 7.32. The Labute approximate surface area is 172 Å². The van der Waals surface area contributed by atoms with Crippen molar-refractivity contribution in [2.75, 3.05) is 19.7 Å². The molecule has 0 spiro atoms. The summed E-state index contributed by atoms with van der Waals surface area (Å²) in [6, 6.07) is 10.9. The van der Waals surface area contributed by atoms with E-state index in [1.54, 1.807) is 24.3 Å². The van der Waals surface area contributed by atoms with Crippen LogP contribution in [0.3, 0.4) is 0 Å². The zero-order valence-corrected chi connectivity index (χ0v) is 17.2. The molecule has 2 aliphatic rings. The fourth-order valence-electron chi connectivity index (χ4n) is 4.35. The highest BCUT2D eigenvalue weighted by Crippen LogP contribution is 2.36. The zero-order chi connectivity index (χ0) is 20.4. The maximum absolute atomic E-state index is 12.7. The Bertz CT molecular complexity index is 869. The van der Waals surface area contributed by atoms with Gasteiger partial charge < -0.3 is 14.6 Å². The number of carbonyl (C=O) groups is 1. The quantitative estimate of drug-likeness (QED) is 0.743. The van der Waals surface area contributed by atoms with E-state index in [0.717, 1.165) is 56.0 Å². The van der Waals surface area contributed by atoms with Gasteiger partial charge in [0.25, 0.3) is 0 Å². The number of Topliss-reactive ketones (excluding diaryl/α,β-unsaturated/α-hetero) is 1. The van der Waals surface area contributed by atoms with Gasteiger partial charge in [0.2, 0.25) is 0 Å². The average Bonchev–Trinajstić information content (AvgIpc) is 3.08. The van der Waals surface area contributed by atoms with Crippen molar-refractivity contribution >= 4 is 5.78 Å². The predicted molar refractivity (Wildman–Crippen MR) is 112 cm³/mol. The van der Waals surface area contributed by atoms with E-state index in [9.17, 15) is 9.90 Å². The number of ketones is 1. The minimum absolute atomic E-state index is 0.0476. The van der Waals surface area contributed by atoms with Crippen LogP contribution in [0.2, 0.25) is 0 Å². The Kier molecular flexibility index (Phi) is 5.76. The molecule has 1 saturated heterocycles. The maximum Gasteiger partial charge on any atom is 0.166 e. The maximum atomic E-state index is 12.7. The fourth-order valence-corrected chi connectivity index (χ4v) is 4.35. The summed E-state index contributed by atoms with van der Waals surface area (Å²) in [5.41, 5.74) is 3.07. The van der Waals surface area contributed by atoms with Gasteiger partial charge in [-0.1, -0.05) is 0 Å². The van der Waals surface area contributed by atoms with Crippen LogP contribution in [0.5, 0.6) is 17.2 Å². The van der Waals surface area contributed by atoms with Crippen molar-refractivity contribution in [3.63, 3.8) is 0 Å². The molecule has 1 atom stereocenters. The van der Waals surface area contributed by atoms with Gasteiger partial charge in [-0.15, -0.1) is 0 Å². The molecule has 1 N–H and O–H groups in total. The molecule has 1 fully saturated rings. The smallest absolute Gasteiger partial charge is 0.166 e. The molecule has 2 aliphatic heterocycles.